The molecule has 0 unspecified atom stereocenters. The van der Waals surface area contributed by atoms with Crippen LogP contribution >= 0.6 is 0 Å². The fraction of sp³-hybridized carbons (Fsp3) is 0.123. The van der Waals surface area contributed by atoms with Crippen LogP contribution in [0.15, 0.2) is 188 Å². The molecule has 7 aromatic carbocycles. The number of hydrogen-bond donors (Lipinski definition) is 0. The van der Waals surface area contributed by atoms with E-state index in [1.54, 1.807) is 0 Å². The van der Waals surface area contributed by atoms with Crippen molar-refractivity contribution in [3.8, 4) is 89.9 Å². The monoisotopic (exact) mass is 978 g/mol. The first-order valence-corrected chi connectivity index (χ1v) is 21.0. The van der Waals surface area contributed by atoms with Gasteiger partial charge in [0, 0.05) is 43.0 Å². The summed E-state index contributed by atoms with van der Waals surface area (Å²) in [6.07, 6.45) is 2.99. The molecule has 0 aliphatic heterocycles. The third kappa shape index (κ3) is 8.10. The van der Waals surface area contributed by atoms with Crippen LogP contribution in [0.2, 0.25) is 0 Å². The van der Waals surface area contributed by atoms with Gasteiger partial charge in [0.15, 0.2) is 17.5 Å². The van der Waals surface area contributed by atoms with Crippen molar-refractivity contribution in [1.29, 1.82) is 0 Å². The molecule has 9 aromatic rings. The second-order valence-corrected chi connectivity index (χ2v) is 17.4. The zero-order chi connectivity index (χ0) is 41.6. The summed E-state index contributed by atoms with van der Waals surface area (Å²) in [6, 6.07) is 67.4. The fourth-order valence-corrected chi connectivity index (χ4v) is 9.20. The van der Waals surface area contributed by atoms with Crippen LogP contribution in [0.5, 0.6) is 0 Å². The molecular formula is C57H45IrN4-. The van der Waals surface area contributed by atoms with Gasteiger partial charge in [0.05, 0.1) is 0 Å². The smallest absolute Gasteiger partial charge is 0.165 e. The van der Waals surface area contributed by atoms with Gasteiger partial charge < -0.3 is 4.98 Å². The Kier molecular flexibility index (Phi) is 10.9. The SMILES string of the molecule is CC1(C)CC(C)(C)c2cc(-c3ccc(-c4nc(-c5cccc(-c6cccc(-c7ccccc7)c6)c5)nc(-c5cccc(-c6cccc(-c7ccccc7)c6)c5)n4)cn3)[c-]cc21.[Ir]. The van der Waals surface area contributed by atoms with Crippen LogP contribution in [0.25, 0.3) is 89.9 Å². The van der Waals surface area contributed by atoms with Gasteiger partial charge in [-0.2, -0.15) is 0 Å². The van der Waals surface area contributed by atoms with Crippen LogP contribution in [0, 0.1) is 6.07 Å². The van der Waals surface area contributed by atoms with Gasteiger partial charge >= 0.3 is 0 Å². The molecule has 1 radical (unpaired) electrons. The molecule has 0 saturated heterocycles. The summed E-state index contributed by atoms with van der Waals surface area (Å²) in [5.74, 6) is 1.75. The maximum atomic E-state index is 5.18. The van der Waals surface area contributed by atoms with Crippen LogP contribution in [0.3, 0.4) is 0 Å². The maximum Gasteiger partial charge on any atom is 0.165 e. The third-order valence-corrected chi connectivity index (χ3v) is 12.1. The van der Waals surface area contributed by atoms with E-state index < -0.39 is 0 Å². The zero-order valence-corrected chi connectivity index (χ0v) is 37.6. The van der Waals surface area contributed by atoms with Gasteiger partial charge in [-0.25, -0.2) is 15.0 Å². The molecule has 2 aromatic heterocycles. The Morgan fingerprint density at radius 2 is 0.774 bits per heavy atom. The predicted octanol–water partition coefficient (Wildman–Crippen LogP) is 14.4. The average molecular weight is 978 g/mol. The summed E-state index contributed by atoms with van der Waals surface area (Å²) in [4.78, 5) is 20.4. The van der Waals surface area contributed by atoms with Crippen LogP contribution in [0.1, 0.15) is 45.2 Å². The van der Waals surface area contributed by atoms with E-state index in [2.05, 4.69) is 204 Å². The molecule has 2 heterocycles. The molecule has 0 spiro atoms. The molecule has 0 fully saturated rings. The molecule has 0 N–H and O–H groups in total. The molecule has 0 amide bonds. The third-order valence-electron chi connectivity index (χ3n) is 12.1. The number of rotatable bonds is 8. The molecule has 4 nitrogen and oxygen atoms in total. The van der Waals surface area contributed by atoms with Gasteiger partial charge in [0.1, 0.15) is 0 Å². The molecule has 303 valence electrons. The van der Waals surface area contributed by atoms with Gasteiger partial charge in [-0.1, -0.05) is 173 Å². The molecule has 5 heteroatoms. The Balaban J connectivity index is 0.00000490. The Morgan fingerprint density at radius 3 is 1.23 bits per heavy atom. The van der Waals surface area contributed by atoms with Gasteiger partial charge in [0.25, 0.3) is 0 Å². The molecule has 0 bridgehead atoms. The van der Waals surface area contributed by atoms with E-state index in [4.69, 9.17) is 19.9 Å². The van der Waals surface area contributed by atoms with Crippen LogP contribution in [0.4, 0.5) is 0 Å². The van der Waals surface area contributed by atoms with E-state index in [9.17, 15) is 0 Å². The zero-order valence-electron chi connectivity index (χ0n) is 35.2. The van der Waals surface area contributed by atoms with Crippen molar-refractivity contribution in [3.05, 3.63) is 205 Å². The van der Waals surface area contributed by atoms with E-state index in [0.29, 0.717) is 17.5 Å². The summed E-state index contributed by atoms with van der Waals surface area (Å²) in [5, 5.41) is 0. The molecule has 0 saturated carbocycles. The average Bonchev–Trinajstić information content (AvgIpc) is 3.51. The number of aromatic nitrogens is 4. The van der Waals surface area contributed by atoms with Gasteiger partial charge in [-0.15, -0.1) is 34.9 Å². The maximum absolute atomic E-state index is 5.18. The molecule has 1 aliphatic rings. The second-order valence-electron chi connectivity index (χ2n) is 17.4. The molecule has 1 aliphatic carbocycles. The minimum absolute atomic E-state index is 0. The number of benzene rings is 7. The van der Waals surface area contributed by atoms with Gasteiger partial charge in [0.2, 0.25) is 0 Å². The van der Waals surface area contributed by atoms with Gasteiger partial charge in [-0.05, 0) is 91.7 Å². The van der Waals surface area contributed by atoms with E-state index in [-0.39, 0.29) is 30.9 Å². The Bertz CT molecular complexity index is 2900. The quantitative estimate of drug-likeness (QED) is 0.142. The van der Waals surface area contributed by atoms with Crippen molar-refractivity contribution in [2.75, 3.05) is 0 Å². The standard InChI is InChI=1S/C57H45N4.Ir/c1-56(2)37-57(3,4)51-35-46(27-29-50(51)56)52-30-28-49(36-58-52)55-60-53(47-25-13-23-44(33-47)42-21-11-19-40(31-42)38-15-7-5-8-16-38)59-54(61-55)48-26-14-24-45(34-48)43-22-12-20-41(32-43)39-17-9-6-10-18-39;/h5-26,28-36H,37H2,1-4H3;/q-1;. The number of nitrogens with zero attached hydrogens (tertiary/aromatic N) is 4. The topological polar surface area (TPSA) is 51.6 Å². The summed E-state index contributed by atoms with van der Waals surface area (Å²) in [6.45, 7) is 9.34. The fourth-order valence-electron chi connectivity index (χ4n) is 9.20. The van der Waals surface area contributed by atoms with E-state index in [1.165, 1.54) is 33.4 Å². The van der Waals surface area contributed by atoms with Crippen molar-refractivity contribution >= 4 is 0 Å². The number of pyridine rings is 1. The van der Waals surface area contributed by atoms with E-state index in [0.717, 1.165) is 56.6 Å². The van der Waals surface area contributed by atoms with Crippen LogP contribution in [-0.2, 0) is 30.9 Å². The molecule has 62 heavy (non-hydrogen) atoms. The first-order valence-electron chi connectivity index (χ1n) is 21.0. The van der Waals surface area contributed by atoms with Crippen molar-refractivity contribution in [2.24, 2.45) is 0 Å². The summed E-state index contributed by atoms with van der Waals surface area (Å²) < 4.78 is 0. The number of hydrogen-bond acceptors (Lipinski definition) is 4. The Morgan fingerprint density at radius 1 is 0.387 bits per heavy atom. The Hall–Kier alpha value is -6.65. The molecular weight excluding hydrogens is 933 g/mol. The molecule has 10 rings (SSSR count). The normalized spacial score (nSPS) is 13.5. The largest absolute Gasteiger partial charge is 0.304 e. The van der Waals surface area contributed by atoms with E-state index in [1.807, 2.05) is 18.3 Å². The Labute approximate surface area is 378 Å². The molecule has 0 atom stereocenters. The van der Waals surface area contributed by atoms with Crippen LogP contribution in [-0.4, -0.2) is 19.9 Å². The first kappa shape index (κ1) is 40.7. The summed E-state index contributed by atoms with van der Waals surface area (Å²) in [7, 11) is 0. The van der Waals surface area contributed by atoms with Crippen molar-refractivity contribution in [2.45, 2.75) is 44.9 Å². The van der Waals surface area contributed by atoms with Crippen molar-refractivity contribution < 1.29 is 20.1 Å². The number of fused-ring (bicyclic) bond motifs is 1. The summed E-state index contributed by atoms with van der Waals surface area (Å²) >= 11 is 0. The second kappa shape index (κ2) is 16.7. The summed E-state index contributed by atoms with van der Waals surface area (Å²) in [5.41, 5.74) is 16.6. The van der Waals surface area contributed by atoms with Crippen molar-refractivity contribution in [3.63, 3.8) is 0 Å². The van der Waals surface area contributed by atoms with Crippen molar-refractivity contribution in [1.82, 2.24) is 19.9 Å². The first-order chi connectivity index (χ1) is 29.7. The predicted molar refractivity (Wildman–Crippen MR) is 251 cm³/mol. The van der Waals surface area contributed by atoms with E-state index >= 15 is 0 Å². The minimum atomic E-state index is 0. The van der Waals surface area contributed by atoms with Crippen LogP contribution < -0.4 is 0 Å². The van der Waals surface area contributed by atoms with Gasteiger partial charge in [-0.3, -0.25) is 0 Å². The minimum Gasteiger partial charge on any atom is -0.304 e.